The molecule has 0 aliphatic rings. The number of aliphatic hydroxyl groups is 1. The average Bonchev–Trinajstić information content (AvgIpc) is 3.20. The number of unbranched alkanes of at least 4 members (excludes halogenated alkanes) is 17. The molecule has 0 saturated carbocycles. The summed E-state index contributed by atoms with van der Waals surface area (Å²) in [7, 11) is -4.74. The number of rotatable bonds is 42. The van der Waals surface area contributed by atoms with Gasteiger partial charge in [0, 0.05) is 12.8 Å². The first kappa shape index (κ1) is 56.4. The fraction of sp³-hybridized carbons (Fsp3) is 0.761. The number of nitrogens with two attached hydrogens (primary N) is 1. The molecule has 12 nitrogen and oxygen atoms in total. The Morgan fingerprint density at radius 2 is 1.05 bits per heavy atom. The number of hydrogen-bond acceptors (Lipinski definition) is 10. The molecule has 0 spiro atoms. The molecule has 0 aromatic carbocycles. The highest BCUT2D eigenvalue weighted by atomic mass is 31.2. The summed E-state index contributed by atoms with van der Waals surface area (Å²) in [5.41, 5.74) is 5.33. The molecule has 0 fully saturated rings. The maximum absolute atomic E-state index is 12.6. The van der Waals surface area contributed by atoms with Crippen LogP contribution in [-0.4, -0.2) is 71.1 Å². The van der Waals surface area contributed by atoms with Crippen LogP contribution in [0.4, 0.5) is 0 Å². The number of ether oxygens (including phenoxy) is 2. The summed E-state index contributed by atoms with van der Waals surface area (Å²) < 4.78 is 32.6. The summed E-state index contributed by atoms with van der Waals surface area (Å²) in [5, 5.41) is 18.6. The highest BCUT2D eigenvalue weighted by Gasteiger charge is 2.28. The van der Waals surface area contributed by atoms with Gasteiger partial charge in [0.05, 0.1) is 19.3 Å². The molecule has 13 heteroatoms. The Morgan fingerprint density at radius 3 is 1.56 bits per heavy atom. The van der Waals surface area contributed by atoms with Gasteiger partial charge in [0.25, 0.3) is 0 Å². The number of phosphoric ester groups is 1. The topological polar surface area (TPSA) is 192 Å². The number of esters is 2. The van der Waals surface area contributed by atoms with Gasteiger partial charge >= 0.3 is 25.7 Å². The molecule has 0 aliphatic heterocycles. The van der Waals surface area contributed by atoms with E-state index in [2.05, 4.69) is 48.8 Å². The third kappa shape index (κ3) is 40.6. The summed E-state index contributed by atoms with van der Waals surface area (Å²) in [4.78, 5) is 46.0. The third-order valence-corrected chi connectivity index (χ3v) is 10.6. The Balaban J connectivity index is 4.43. The highest BCUT2D eigenvalue weighted by molar-refractivity contribution is 7.47. The zero-order valence-electron chi connectivity index (χ0n) is 36.7. The van der Waals surface area contributed by atoms with E-state index in [-0.39, 0.29) is 25.6 Å². The standard InChI is InChI=1S/C46H82NO11P/c1-3-5-6-7-8-9-10-11-12-13-14-17-20-23-26-29-32-36-44(49)55-38-42(39-56-59(53,54)57-40-43(47)46(51)52)58-45(50)37-33-30-27-24-21-18-15-16-19-22-25-28-31-35-41(48)34-4-2/h15,18-19,22,24,27-28,31,41-43,48H,3-14,16-17,20-21,23,25-26,29-30,32-40,47H2,1-2H3,(H,51,52)(H,53,54)/b18-15-,22-19-,27-24-,31-28-/t41?,42-,43+/m1/s1. The summed E-state index contributed by atoms with van der Waals surface area (Å²) in [5.74, 6) is -2.47. The Kier molecular flexibility index (Phi) is 39.0. The van der Waals surface area contributed by atoms with E-state index >= 15 is 0 Å². The van der Waals surface area contributed by atoms with E-state index in [4.69, 9.17) is 24.8 Å². The van der Waals surface area contributed by atoms with Crippen LogP contribution >= 0.6 is 7.82 Å². The number of carboxylic acid groups (broad SMARTS) is 1. The Labute approximate surface area is 357 Å². The van der Waals surface area contributed by atoms with Gasteiger partial charge in [-0.05, 0) is 51.4 Å². The van der Waals surface area contributed by atoms with Crippen molar-refractivity contribution in [2.24, 2.45) is 5.73 Å². The van der Waals surface area contributed by atoms with Crippen LogP contribution in [0.5, 0.6) is 0 Å². The minimum absolute atomic E-state index is 0.0709. The first-order valence-corrected chi connectivity index (χ1v) is 24.2. The molecular weight excluding hydrogens is 773 g/mol. The number of phosphoric acid groups is 1. The lowest BCUT2D eigenvalue weighted by molar-refractivity contribution is -0.161. The van der Waals surface area contributed by atoms with Gasteiger partial charge in [0.15, 0.2) is 6.10 Å². The summed E-state index contributed by atoms with van der Waals surface area (Å²) in [6.07, 6.45) is 42.4. The van der Waals surface area contributed by atoms with Crippen molar-refractivity contribution in [2.45, 2.75) is 205 Å². The lowest BCUT2D eigenvalue weighted by Gasteiger charge is -2.20. The van der Waals surface area contributed by atoms with Crippen LogP contribution in [0.2, 0.25) is 0 Å². The molecule has 0 saturated heterocycles. The van der Waals surface area contributed by atoms with Crippen LogP contribution in [0.15, 0.2) is 48.6 Å². The number of aliphatic hydroxyl groups excluding tert-OH is 1. The van der Waals surface area contributed by atoms with Gasteiger partial charge in [0.2, 0.25) is 0 Å². The SMILES string of the molecule is CCCCCCCCCCCCCCCCCCCC(=O)OC[C@H](COP(=O)(O)OC[C@H](N)C(=O)O)OC(=O)CCC/C=C\C/C=C\C/C=C\C/C=C\CC(O)CCC. The van der Waals surface area contributed by atoms with Crippen LogP contribution in [0.1, 0.15) is 187 Å². The molecule has 0 bridgehead atoms. The largest absolute Gasteiger partial charge is 0.480 e. The van der Waals surface area contributed by atoms with E-state index in [9.17, 15) is 28.9 Å². The highest BCUT2D eigenvalue weighted by Crippen LogP contribution is 2.43. The molecule has 0 heterocycles. The fourth-order valence-electron chi connectivity index (χ4n) is 6.07. The van der Waals surface area contributed by atoms with Gasteiger partial charge in [-0.15, -0.1) is 0 Å². The van der Waals surface area contributed by atoms with Gasteiger partial charge in [-0.3, -0.25) is 23.4 Å². The summed E-state index contributed by atoms with van der Waals surface area (Å²) in [6.45, 7) is 2.55. The molecule has 342 valence electrons. The summed E-state index contributed by atoms with van der Waals surface area (Å²) >= 11 is 0. The molecule has 0 rings (SSSR count). The zero-order valence-corrected chi connectivity index (χ0v) is 37.6. The average molecular weight is 856 g/mol. The van der Waals surface area contributed by atoms with Gasteiger partial charge in [-0.25, -0.2) is 4.57 Å². The smallest absolute Gasteiger partial charge is 0.472 e. The first-order chi connectivity index (χ1) is 28.5. The molecule has 5 N–H and O–H groups in total. The van der Waals surface area contributed by atoms with Gasteiger partial charge < -0.3 is 30.3 Å². The number of carbonyl (C=O) groups excluding carboxylic acids is 2. The predicted octanol–water partition coefficient (Wildman–Crippen LogP) is 11.1. The lowest BCUT2D eigenvalue weighted by Crippen LogP contribution is -2.34. The quantitative estimate of drug-likeness (QED) is 0.0197. The summed E-state index contributed by atoms with van der Waals surface area (Å²) in [6, 6.07) is -1.54. The van der Waals surface area contributed by atoms with E-state index in [1.165, 1.54) is 83.5 Å². The normalized spacial score (nSPS) is 14.7. The van der Waals surface area contributed by atoms with Crippen molar-refractivity contribution in [1.29, 1.82) is 0 Å². The van der Waals surface area contributed by atoms with Crippen LogP contribution < -0.4 is 5.73 Å². The predicted molar refractivity (Wildman–Crippen MR) is 237 cm³/mol. The zero-order chi connectivity index (χ0) is 43.7. The molecule has 4 atom stereocenters. The minimum atomic E-state index is -4.74. The van der Waals surface area contributed by atoms with E-state index in [1.807, 2.05) is 18.2 Å². The second kappa shape index (κ2) is 40.8. The van der Waals surface area contributed by atoms with Crippen LogP contribution in [0.3, 0.4) is 0 Å². The van der Waals surface area contributed by atoms with Crippen molar-refractivity contribution in [3.8, 4) is 0 Å². The lowest BCUT2D eigenvalue weighted by atomic mass is 10.0. The van der Waals surface area contributed by atoms with E-state index in [0.29, 0.717) is 25.7 Å². The Bertz CT molecular complexity index is 1210. The first-order valence-electron chi connectivity index (χ1n) is 22.7. The van der Waals surface area contributed by atoms with Crippen molar-refractivity contribution in [1.82, 2.24) is 0 Å². The number of carboxylic acids is 1. The Hall–Kier alpha value is -2.60. The van der Waals surface area contributed by atoms with Crippen molar-refractivity contribution >= 4 is 25.7 Å². The number of allylic oxidation sites excluding steroid dienone is 7. The molecule has 2 unspecified atom stereocenters. The van der Waals surface area contributed by atoms with Crippen molar-refractivity contribution in [3.63, 3.8) is 0 Å². The molecule has 0 radical (unpaired) electrons. The van der Waals surface area contributed by atoms with E-state index < -0.39 is 51.1 Å². The second-order valence-electron chi connectivity index (χ2n) is 15.4. The van der Waals surface area contributed by atoms with Crippen molar-refractivity contribution in [3.05, 3.63) is 48.6 Å². The van der Waals surface area contributed by atoms with E-state index in [1.54, 1.807) is 0 Å². The molecule has 59 heavy (non-hydrogen) atoms. The second-order valence-corrected chi connectivity index (χ2v) is 16.8. The maximum Gasteiger partial charge on any atom is 0.472 e. The minimum Gasteiger partial charge on any atom is -0.480 e. The van der Waals surface area contributed by atoms with Gasteiger partial charge in [-0.1, -0.05) is 172 Å². The van der Waals surface area contributed by atoms with Crippen LogP contribution in [-0.2, 0) is 37.5 Å². The number of aliphatic carboxylic acids is 1. The molecule has 0 aromatic rings. The molecule has 0 aromatic heterocycles. The number of carbonyl (C=O) groups is 3. The maximum atomic E-state index is 12.6. The van der Waals surface area contributed by atoms with Gasteiger partial charge in [0.1, 0.15) is 12.6 Å². The monoisotopic (exact) mass is 856 g/mol. The van der Waals surface area contributed by atoms with E-state index in [0.717, 1.165) is 51.4 Å². The van der Waals surface area contributed by atoms with Crippen LogP contribution in [0.25, 0.3) is 0 Å². The van der Waals surface area contributed by atoms with Crippen molar-refractivity contribution < 1.29 is 52.6 Å². The molecule has 0 amide bonds. The Morgan fingerprint density at radius 1 is 0.593 bits per heavy atom. The van der Waals surface area contributed by atoms with Crippen LogP contribution in [0, 0.1) is 0 Å². The third-order valence-electron chi connectivity index (χ3n) is 9.64. The fourth-order valence-corrected chi connectivity index (χ4v) is 6.85. The van der Waals surface area contributed by atoms with Crippen molar-refractivity contribution in [2.75, 3.05) is 19.8 Å². The molecule has 0 aliphatic carbocycles. The molecular formula is C46H82NO11P. The number of hydrogen-bond donors (Lipinski definition) is 4. The van der Waals surface area contributed by atoms with Gasteiger partial charge in [-0.2, -0.15) is 0 Å².